The number of benzene rings is 1. The summed E-state index contributed by atoms with van der Waals surface area (Å²) >= 11 is 0. The summed E-state index contributed by atoms with van der Waals surface area (Å²) in [6, 6.07) is 9.71. The molecule has 1 aromatic heterocycles. The second kappa shape index (κ2) is 9.96. The maximum Gasteiger partial charge on any atom is 0.330 e. The molecule has 0 aliphatic carbocycles. The lowest BCUT2D eigenvalue weighted by atomic mass is 10.0. The molecular formula is C23H33N5O3. The van der Waals surface area contributed by atoms with E-state index < -0.39 is 11.2 Å². The zero-order valence-corrected chi connectivity index (χ0v) is 18.6. The van der Waals surface area contributed by atoms with E-state index in [2.05, 4.69) is 16.8 Å². The first kappa shape index (κ1) is 22.8. The Balaban J connectivity index is 1.98. The first-order valence-corrected chi connectivity index (χ1v) is 11.0. The molecular weight excluding hydrogens is 394 g/mol. The average molecular weight is 428 g/mol. The molecule has 1 saturated heterocycles. The standard InChI is InChI=1S/C23H33N5O3/c1-16(2)13-27(19(29)15-26-12-8-7-9-17(26)3)20-21(24)28(23(31)25-22(20)30)14-18-10-5-4-6-11-18/h4-6,10-11,16-17H,7-9,12-15,24H2,1-3H3,(H,25,30,31). The molecule has 1 aliphatic heterocycles. The van der Waals surface area contributed by atoms with Gasteiger partial charge in [0, 0.05) is 12.6 Å². The van der Waals surface area contributed by atoms with Crippen LogP contribution in [0.25, 0.3) is 0 Å². The number of piperidine rings is 1. The molecule has 1 aliphatic rings. The van der Waals surface area contributed by atoms with Gasteiger partial charge in [-0.2, -0.15) is 0 Å². The summed E-state index contributed by atoms with van der Waals surface area (Å²) in [6.07, 6.45) is 3.28. The molecule has 1 amide bonds. The van der Waals surface area contributed by atoms with Crippen LogP contribution in [0.3, 0.4) is 0 Å². The van der Waals surface area contributed by atoms with Gasteiger partial charge in [0.25, 0.3) is 5.56 Å². The predicted octanol–water partition coefficient (Wildman–Crippen LogP) is 2.03. The van der Waals surface area contributed by atoms with Gasteiger partial charge in [0.2, 0.25) is 5.91 Å². The van der Waals surface area contributed by atoms with Crippen molar-refractivity contribution in [2.75, 3.05) is 30.3 Å². The molecule has 3 rings (SSSR count). The van der Waals surface area contributed by atoms with Gasteiger partial charge < -0.3 is 10.6 Å². The summed E-state index contributed by atoms with van der Waals surface area (Å²) in [5.74, 6) is -0.0427. The third-order valence-corrected chi connectivity index (χ3v) is 5.80. The summed E-state index contributed by atoms with van der Waals surface area (Å²) in [6.45, 7) is 7.73. The van der Waals surface area contributed by atoms with Crippen molar-refractivity contribution in [1.29, 1.82) is 0 Å². The fraction of sp³-hybridized carbons (Fsp3) is 0.522. The van der Waals surface area contributed by atoms with Crippen LogP contribution in [-0.4, -0.2) is 46.0 Å². The van der Waals surface area contributed by atoms with Crippen LogP contribution in [0, 0.1) is 5.92 Å². The Morgan fingerprint density at radius 1 is 1.23 bits per heavy atom. The largest absolute Gasteiger partial charge is 0.383 e. The quantitative estimate of drug-likeness (QED) is 0.704. The number of amides is 1. The van der Waals surface area contributed by atoms with Crippen LogP contribution in [0.5, 0.6) is 0 Å². The van der Waals surface area contributed by atoms with Crippen molar-refractivity contribution in [2.45, 2.75) is 52.6 Å². The Morgan fingerprint density at radius 3 is 2.58 bits per heavy atom. The molecule has 2 heterocycles. The zero-order valence-electron chi connectivity index (χ0n) is 18.6. The highest BCUT2D eigenvalue weighted by Gasteiger charge is 2.28. The van der Waals surface area contributed by atoms with Crippen molar-refractivity contribution in [3.63, 3.8) is 0 Å². The van der Waals surface area contributed by atoms with Gasteiger partial charge in [-0.15, -0.1) is 0 Å². The number of anilines is 2. The molecule has 3 N–H and O–H groups in total. The minimum Gasteiger partial charge on any atom is -0.383 e. The van der Waals surface area contributed by atoms with Gasteiger partial charge in [0.05, 0.1) is 13.1 Å². The molecule has 0 spiro atoms. The molecule has 1 unspecified atom stereocenters. The van der Waals surface area contributed by atoms with Crippen LogP contribution >= 0.6 is 0 Å². The highest BCUT2D eigenvalue weighted by atomic mass is 16.2. The first-order chi connectivity index (χ1) is 14.8. The van der Waals surface area contributed by atoms with Crippen LogP contribution < -0.4 is 21.9 Å². The van der Waals surface area contributed by atoms with Gasteiger partial charge in [0.1, 0.15) is 5.82 Å². The van der Waals surface area contributed by atoms with Crippen LogP contribution in [0.15, 0.2) is 39.9 Å². The highest BCUT2D eigenvalue weighted by Crippen LogP contribution is 2.21. The number of nitrogens with two attached hydrogens (primary N) is 1. The lowest BCUT2D eigenvalue weighted by Gasteiger charge is -2.35. The number of aromatic amines is 1. The van der Waals surface area contributed by atoms with Gasteiger partial charge in [-0.3, -0.25) is 24.0 Å². The van der Waals surface area contributed by atoms with E-state index in [1.807, 2.05) is 44.2 Å². The van der Waals surface area contributed by atoms with Gasteiger partial charge in [-0.05, 0) is 37.8 Å². The summed E-state index contributed by atoms with van der Waals surface area (Å²) in [4.78, 5) is 44.6. The maximum atomic E-state index is 13.3. The van der Waals surface area contributed by atoms with Gasteiger partial charge >= 0.3 is 5.69 Å². The molecule has 1 atom stereocenters. The number of nitrogens with one attached hydrogen (secondary N) is 1. The van der Waals surface area contributed by atoms with Crippen molar-refractivity contribution in [3.05, 3.63) is 56.7 Å². The monoisotopic (exact) mass is 427 g/mol. The van der Waals surface area contributed by atoms with Crippen LogP contribution in [0.4, 0.5) is 11.5 Å². The summed E-state index contributed by atoms with van der Waals surface area (Å²) < 4.78 is 1.32. The fourth-order valence-electron chi connectivity index (χ4n) is 4.10. The first-order valence-electron chi connectivity index (χ1n) is 11.0. The van der Waals surface area contributed by atoms with E-state index in [9.17, 15) is 14.4 Å². The van der Waals surface area contributed by atoms with E-state index in [-0.39, 0.29) is 36.4 Å². The molecule has 2 aromatic rings. The molecule has 8 nitrogen and oxygen atoms in total. The highest BCUT2D eigenvalue weighted by molar-refractivity contribution is 5.96. The van der Waals surface area contributed by atoms with Crippen LogP contribution in [0.1, 0.15) is 45.6 Å². The molecule has 168 valence electrons. The second-order valence-corrected chi connectivity index (χ2v) is 8.78. The summed E-state index contributed by atoms with van der Waals surface area (Å²) in [5.41, 5.74) is 6.05. The molecule has 8 heteroatoms. The summed E-state index contributed by atoms with van der Waals surface area (Å²) in [5, 5.41) is 0. The lowest BCUT2D eigenvalue weighted by Crippen LogP contribution is -2.49. The Bertz CT molecular complexity index is 1010. The van der Waals surface area contributed by atoms with Gasteiger partial charge in [-0.1, -0.05) is 50.6 Å². The predicted molar refractivity (Wildman–Crippen MR) is 123 cm³/mol. The van der Waals surface area contributed by atoms with Crippen LogP contribution in [0.2, 0.25) is 0 Å². The molecule has 31 heavy (non-hydrogen) atoms. The number of nitrogens with zero attached hydrogens (tertiary/aromatic N) is 3. The second-order valence-electron chi connectivity index (χ2n) is 8.78. The van der Waals surface area contributed by atoms with E-state index in [1.54, 1.807) is 0 Å². The normalized spacial score (nSPS) is 17.1. The number of nitrogen functional groups attached to an aromatic ring is 1. The Morgan fingerprint density at radius 2 is 1.94 bits per heavy atom. The third kappa shape index (κ3) is 5.44. The van der Waals surface area contributed by atoms with E-state index in [1.165, 1.54) is 15.9 Å². The van der Waals surface area contributed by atoms with Crippen molar-refractivity contribution >= 4 is 17.4 Å². The number of hydrogen-bond donors (Lipinski definition) is 2. The summed E-state index contributed by atoms with van der Waals surface area (Å²) in [7, 11) is 0. The molecule has 1 aromatic carbocycles. The molecule has 1 fully saturated rings. The number of rotatable bonds is 7. The van der Waals surface area contributed by atoms with Crippen molar-refractivity contribution in [3.8, 4) is 0 Å². The third-order valence-electron chi connectivity index (χ3n) is 5.80. The van der Waals surface area contributed by atoms with Crippen molar-refractivity contribution in [1.82, 2.24) is 14.5 Å². The number of carbonyl (C=O) groups is 1. The Kier molecular flexibility index (Phi) is 7.33. The average Bonchev–Trinajstić information content (AvgIpc) is 2.72. The molecule has 0 bridgehead atoms. The van der Waals surface area contributed by atoms with Crippen LogP contribution in [-0.2, 0) is 11.3 Å². The molecule has 0 radical (unpaired) electrons. The number of carbonyl (C=O) groups excluding carboxylic acids is 1. The minimum atomic E-state index is -0.632. The van der Waals surface area contributed by atoms with Crippen molar-refractivity contribution < 1.29 is 4.79 Å². The van der Waals surface area contributed by atoms with Gasteiger partial charge in [0.15, 0.2) is 5.69 Å². The SMILES string of the molecule is CC(C)CN(C(=O)CN1CCCCC1C)c1c(N)n(Cc2ccccc2)c(=O)[nH]c1=O. The maximum absolute atomic E-state index is 13.3. The Hall–Kier alpha value is -2.87. The van der Waals surface area contributed by atoms with E-state index in [0.29, 0.717) is 12.6 Å². The van der Waals surface area contributed by atoms with Gasteiger partial charge in [-0.25, -0.2) is 4.79 Å². The number of aromatic nitrogens is 2. The Labute approximate surface area is 182 Å². The smallest absolute Gasteiger partial charge is 0.330 e. The van der Waals surface area contributed by atoms with E-state index >= 15 is 0 Å². The van der Waals surface area contributed by atoms with E-state index in [4.69, 9.17) is 5.73 Å². The number of hydrogen-bond acceptors (Lipinski definition) is 5. The zero-order chi connectivity index (χ0) is 22.5. The number of likely N-dealkylation sites (tertiary alicyclic amines) is 1. The topological polar surface area (TPSA) is 104 Å². The van der Waals surface area contributed by atoms with Crippen molar-refractivity contribution in [2.24, 2.45) is 5.92 Å². The molecule has 0 saturated carbocycles. The van der Waals surface area contributed by atoms with E-state index in [0.717, 1.165) is 24.9 Å². The number of H-pyrrole nitrogens is 1. The lowest BCUT2D eigenvalue weighted by molar-refractivity contribution is -0.120. The fourth-order valence-corrected chi connectivity index (χ4v) is 4.10. The minimum absolute atomic E-state index is 0.0123.